The van der Waals surface area contributed by atoms with E-state index in [0.29, 0.717) is 23.3 Å². The molecule has 0 amide bonds. The number of aromatic nitrogens is 4. The fourth-order valence-electron chi connectivity index (χ4n) is 2.43. The smallest absolute Gasteiger partial charge is 0.279 e. The lowest BCUT2D eigenvalue weighted by Gasteiger charge is -2.30. The predicted octanol–water partition coefficient (Wildman–Crippen LogP) is 1.92. The van der Waals surface area contributed by atoms with Gasteiger partial charge in [-0.05, 0) is 28.9 Å². The first-order chi connectivity index (χ1) is 10.1. The Labute approximate surface area is 131 Å². The predicted molar refractivity (Wildman–Crippen MR) is 81.9 cm³/mol. The molecule has 0 aliphatic carbocycles. The lowest BCUT2D eigenvalue weighted by Crippen LogP contribution is -2.44. The molecule has 0 radical (unpaired) electrons. The van der Waals surface area contributed by atoms with Crippen molar-refractivity contribution in [3.8, 4) is 11.6 Å². The van der Waals surface area contributed by atoms with Crippen LogP contribution in [0.25, 0.3) is 11.6 Å². The van der Waals surface area contributed by atoms with Crippen LogP contribution in [-0.2, 0) is 0 Å². The van der Waals surface area contributed by atoms with Crippen molar-refractivity contribution in [3.05, 3.63) is 16.0 Å². The summed E-state index contributed by atoms with van der Waals surface area (Å²) in [4.78, 5) is 6.74. The van der Waals surface area contributed by atoms with Crippen molar-refractivity contribution < 1.29 is 4.52 Å². The molecular formula is C13H19BrN6O. The van der Waals surface area contributed by atoms with Crippen LogP contribution in [0.15, 0.2) is 9.00 Å². The maximum Gasteiger partial charge on any atom is 0.279 e. The number of rotatable bonds is 3. The Balaban J connectivity index is 1.88. The maximum absolute atomic E-state index is 5.40. The molecule has 0 aromatic carbocycles. The SMILES string of the molecule is CC(C)c1[nH]nc(-c2nc(C3CNCCN3C)no2)c1Br. The Morgan fingerprint density at radius 3 is 2.90 bits per heavy atom. The Kier molecular flexibility index (Phi) is 4.10. The first-order valence-electron chi connectivity index (χ1n) is 7.06. The molecule has 2 aromatic heterocycles. The molecule has 21 heavy (non-hydrogen) atoms. The van der Waals surface area contributed by atoms with Crippen LogP contribution in [0.3, 0.4) is 0 Å². The summed E-state index contributed by atoms with van der Waals surface area (Å²) in [6, 6.07) is 0.138. The van der Waals surface area contributed by atoms with E-state index < -0.39 is 0 Å². The average Bonchev–Trinajstić information content (AvgIpc) is 3.05. The number of nitrogens with one attached hydrogen (secondary N) is 2. The van der Waals surface area contributed by atoms with Gasteiger partial charge in [0.1, 0.15) is 0 Å². The summed E-state index contributed by atoms with van der Waals surface area (Å²) in [7, 11) is 2.07. The molecule has 3 heterocycles. The minimum Gasteiger partial charge on any atom is -0.332 e. The highest BCUT2D eigenvalue weighted by molar-refractivity contribution is 9.10. The van der Waals surface area contributed by atoms with Crippen LogP contribution in [0, 0.1) is 0 Å². The molecule has 1 atom stereocenters. The molecule has 0 bridgehead atoms. The average molecular weight is 355 g/mol. The minimum absolute atomic E-state index is 0.138. The molecule has 1 fully saturated rings. The number of H-pyrrole nitrogens is 1. The Morgan fingerprint density at radius 1 is 1.43 bits per heavy atom. The largest absolute Gasteiger partial charge is 0.332 e. The number of nitrogens with zero attached hydrogens (tertiary/aromatic N) is 4. The monoisotopic (exact) mass is 354 g/mol. The standard InChI is InChI=1S/C13H19BrN6O/c1-7(2)10-9(14)11(18-17-10)13-16-12(19-21-13)8-6-15-4-5-20(8)3/h7-8,15H,4-6H2,1-3H3,(H,17,18). The number of likely N-dealkylation sites (N-methyl/N-ethyl adjacent to an activating group) is 1. The van der Waals surface area contributed by atoms with E-state index in [2.05, 4.69) is 67.4 Å². The quantitative estimate of drug-likeness (QED) is 0.875. The second-order valence-corrected chi connectivity index (χ2v) is 6.41. The van der Waals surface area contributed by atoms with Gasteiger partial charge in [-0.2, -0.15) is 10.1 Å². The molecule has 1 unspecified atom stereocenters. The molecular weight excluding hydrogens is 336 g/mol. The topological polar surface area (TPSA) is 82.9 Å². The van der Waals surface area contributed by atoms with Crippen LogP contribution in [-0.4, -0.2) is 51.9 Å². The zero-order valence-electron chi connectivity index (χ0n) is 12.4. The summed E-state index contributed by atoms with van der Waals surface area (Å²) >= 11 is 3.56. The van der Waals surface area contributed by atoms with Gasteiger partial charge in [-0.1, -0.05) is 19.0 Å². The van der Waals surface area contributed by atoms with Crippen LogP contribution in [0.5, 0.6) is 0 Å². The Hall–Kier alpha value is -1.25. The van der Waals surface area contributed by atoms with Gasteiger partial charge in [-0.3, -0.25) is 10.00 Å². The number of aromatic amines is 1. The minimum atomic E-state index is 0.138. The molecule has 7 nitrogen and oxygen atoms in total. The lowest BCUT2D eigenvalue weighted by atomic mass is 10.1. The lowest BCUT2D eigenvalue weighted by molar-refractivity contribution is 0.190. The first-order valence-corrected chi connectivity index (χ1v) is 7.86. The number of piperazine rings is 1. The third kappa shape index (κ3) is 2.75. The Bertz CT molecular complexity index is 622. The summed E-state index contributed by atoms with van der Waals surface area (Å²) < 4.78 is 6.29. The van der Waals surface area contributed by atoms with Gasteiger partial charge < -0.3 is 9.84 Å². The van der Waals surface area contributed by atoms with Crippen LogP contribution in [0.1, 0.15) is 37.3 Å². The van der Waals surface area contributed by atoms with E-state index in [-0.39, 0.29) is 6.04 Å². The zero-order valence-corrected chi connectivity index (χ0v) is 13.9. The van der Waals surface area contributed by atoms with Gasteiger partial charge in [-0.15, -0.1) is 0 Å². The van der Waals surface area contributed by atoms with Crippen molar-refractivity contribution in [3.63, 3.8) is 0 Å². The van der Waals surface area contributed by atoms with Crippen molar-refractivity contribution in [1.82, 2.24) is 30.6 Å². The highest BCUT2D eigenvalue weighted by Crippen LogP contribution is 2.32. The van der Waals surface area contributed by atoms with Crippen LogP contribution >= 0.6 is 15.9 Å². The summed E-state index contributed by atoms with van der Waals surface area (Å²) in [5.74, 6) is 1.48. The molecule has 2 N–H and O–H groups in total. The van der Waals surface area contributed by atoms with Gasteiger partial charge in [0.2, 0.25) is 0 Å². The highest BCUT2D eigenvalue weighted by atomic mass is 79.9. The molecule has 1 saturated heterocycles. The van der Waals surface area contributed by atoms with Crippen molar-refractivity contribution in [2.24, 2.45) is 0 Å². The Morgan fingerprint density at radius 2 is 2.24 bits per heavy atom. The van der Waals surface area contributed by atoms with E-state index in [0.717, 1.165) is 29.8 Å². The van der Waals surface area contributed by atoms with Gasteiger partial charge in [0.15, 0.2) is 11.5 Å². The van der Waals surface area contributed by atoms with Crippen molar-refractivity contribution in [1.29, 1.82) is 0 Å². The fourth-order valence-corrected chi connectivity index (χ4v) is 3.23. The van der Waals surface area contributed by atoms with Gasteiger partial charge in [0.05, 0.1) is 16.2 Å². The van der Waals surface area contributed by atoms with Crippen molar-refractivity contribution >= 4 is 15.9 Å². The normalized spacial score (nSPS) is 20.3. The molecule has 2 aromatic rings. The van der Waals surface area contributed by atoms with E-state index >= 15 is 0 Å². The van der Waals surface area contributed by atoms with E-state index in [9.17, 15) is 0 Å². The van der Waals surface area contributed by atoms with Crippen LogP contribution in [0.4, 0.5) is 0 Å². The van der Waals surface area contributed by atoms with E-state index in [1.165, 1.54) is 0 Å². The first kappa shape index (κ1) is 14.7. The van der Waals surface area contributed by atoms with Gasteiger partial charge in [-0.25, -0.2) is 0 Å². The van der Waals surface area contributed by atoms with Crippen molar-refractivity contribution in [2.45, 2.75) is 25.8 Å². The fraction of sp³-hybridized carbons (Fsp3) is 0.615. The zero-order chi connectivity index (χ0) is 15.0. The van der Waals surface area contributed by atoms with E-state index in [1.807, 2.05) is 0 Å². The van der Waals surface area contributed by atoms with E-state index in [1.54, 1.807) is 0 Å². The molecule has 0 spiro atoms. The third-order valence-electron chi connectivity index (χ3n) is 3.76. The second-order valence-electron chi connectivity index (χ2n) is 5.61. The maximum atomic E-state index is 5.40. The molecule has 114 valence electrons. The number of halogens is 1. The van der Waals surface area contributed by atoms with Crippen LogP contribution in [0.2, 0.25) is 0 Å². The van der Waals surface area contributed by atoms with Crippen molar-refractivity contribution in [2.75, 3.05) is 26.7 Å². The van der Waals surface area contributed by atoms with Gasteiger partial charge >= 0.3 is 0 Å². The third-order valence-corrected chi connectivity index (χ3v) is 4.57. The summed E-state index contributed by atoms with van der Waals surface area (Å²) in [6.07, 6.45) is 0. The van der Waals surface area contributed by atoms with Gasteiger partial charge in [0.25, 0.3) is 5.89 Å². The molecule has 3 rings (SSSR count). The molecule has 1 aliphatic rings. The molecule has 8 heteroatoms. The molecule has 1 aliphatic heterocycles. The number of hydrogen-bond donors (Lipinski definition) is 2. The van der Waals surface area contributed by atoms with Gasteiger partial charge in [0, 0.05) is 19.6 Å². The second kappa shape index (κ2) is 5.86. The summed E-state index contributed by atoms with van der Waals surface area (Å²) in [6.45, 7) is 6.99. The van der Waals surface area contributed by atoms with Crippen LogP contribution < -0.4 is 5.32 Å². The number of hydrogen-bond acceptors (Lipinski definition) is 6. The summed E-state index contributed by atoms with van der Waals surface area (Å²) in [5, 5.41) is 14.8. The molecule has 0 saturated carbocycles. The van der Waals surface area contributed by atoms with E-state index in [4.69, 9.17) is 4.52 Å². The highest BCUT2D eigenvalue weighted by Gasteiger charge is 2.27. The summed E-state index contributed by atoms with van der Waals surface area (Å²) in [5.41, 5.74) is 1.70.